The molecule has 0 radical (unpaired) electrons. The Bertz CT molecular complexity index is 431. The van der Waals surface area contributed by atoms with Gasteiger partial charge in [0.1, 0.15) is 12.9 Å². The molecular weight excluding hydrogens is 408 g/mol. The van der Waals surface area contributed by atoms with Crippen LogP contribution in [0.2, 0.25) is 37.8 Å². The molecule has 0 saturated heterocycles. The van der Waals surface area contributed by atoms with Gasteiger partial charge in [0, 0.05) is 7.11 Å². The van der Waals surface area contributed by atoms with E-state index in [1.807, 2.05) is 6.08 Å². The Labute approximate surface area is 189 Å². The molecule has 1 N–H and O–H groups in total. The van der Waals surface area contributed by atoms with Crippen LogP contribution in [-0.2, 0) is 13.9 Å². The topological polar surface area (TPSA) is 47.9 Å². The predicted octanol–water partition coefficient (Wildman–Crippen LogP) is 6.91. The Kier molecular flexibility index (Phi) is 15.0. The van der Waals surface area contributed by atoms with Crippen molar-refractivity contribution < 1.29 is 19.0 Å². The first-order valence-electron chi connectivity index (χ1n) is 12.2. The fourth-order valence-corrected chi connectivity index (χ4v) is 11.3. The molecule has 6 heteroatoms. The molecule has 0 aromatic rings. The van der Waals surface area contributed by atoms with Crippen LogP contribution in [0, 0.1) is 0 Å². The number of hydrogen-bond acceptors (Lipinski definition) is 4. The average molecular weight is 461 g/mol. The molecule has 0 aromatic heterocycles. The lowest BCUT2D eigenvalue weighted by molar-refractivity contribution is -0.160. The van der Waals surface area contributed by atoms with Gasteiger partial charge in [0.05, 0.1) is 19.4 Å². The molecule has 3 atom stereocenters. The van der Waals surface area contributed by atoms with Gasteiger partial charge >= 0.3 is 0 Å². The number of rotatable bonds is 19. The summed E-state index contributed by atoms with van der Waals surface area (Å²) in [7, 11) is -2.32. The van der Waals surface area contributed by atoms with E-state index in [2.05, 4.69) is 53.9 Å². The van der Waals surface area contributed by atoms with Crippen LogP contribution in [0.3, 0.4) is 0 Å². The maximum atomic E-state index is 11.9. The zero-order chi connectivity index (χ0) is 23.3. The van der Waals surface area contributed by atoms with Crippen molar-refractivity contribution in [2.75, 3.05) is 13.9 Å². The Hall–Kier alpha value is 0.0138. The van der Waals surface area contributed by atoms with Gasteiger partial charge in [0.25, 0.3) is 0 Å². The molecule has 0 saturated carbocycles. The molecule has 0 unspecified atom stereocenters. The molecule has 0 aromatic carbocycles. The van der Waals surface area contributed by atoms with Crippen molar-refractivity contribution in [1.29, 1.82) is 0 Å². The van der Waals surface area contributed by atoms with E-state index in [-0.39, 0.29) is 12.9 Å². The minimum atomic E-state index is -2.02. The van der Waals surface area contributed by atoms with Crippen molar-refractivity contribution in [2.24, 2.45) is 0 Å². The maximum absolute atomic E-state index is 11.9. The molecule has 0 aliphatic carbocycles. The number of hydrogen-bond donors (Lipinski definition) is 1. The van der Waals surface area contributed by atoms with Crippen LogP contribution < -0.4 is 0 Å². The average Bonchev–Trinajstić information content (AvgIpc) is 2.68. The lowest BCUT2D eigenvalue weighted by Crippen LogP contribution is -2.65. The second-order valence-electron chi connectivity index (χ2n) is 9.98. The smallest absolute Gasteiger partial charge is 0.193 e. The number of aliphatic hydroxyl groups is 1. The Morgan fingerprint density at radius 3 is 1.77 bits per heavy atom. The molecule has 180 valence electrons. The molecule has 30 heavy (non-hydrogen) atoms. The van der Waals surface area contributed by atoms with Crippen molar-refractivity contribution in [3.8, 4) is 0 Å². The monoisotopic (exact) mass is 460 g/mol. The molecule has 0 amide bonds. The van der Waals surface area contributed by atoms with E-state index < -0.39 is 27.7 Å². The zero-order valence-corrected chi connectivity index (χ0v) is 23.4. The fraction of sp³-hybridized carbons (Fsp3) is 0.917. The minimum absolute atomic E-state index is 0.162. The second-order valence-corrected chi connectivity index (χ2v) is 19.4. The highest BCUT2D eigenvalue weighted by atomic mass is 28.4. The van der Waals surface area contributed by atoms with E-state index in [9.17, 15) is 5.11 Å². The van der Waals surface area contributed by atoms with E-state index in [1.54, 1.807) is 7.11 Å². The number of unbranched alkanes of at least 4 members (excludes halogenated alkanes) is 3. The van der Waals surface area contributed by atoms with E-state index in [0.29, 0.717) is 6.42 Å². The van der Waals surface area contributed by atoms with Crippen LogP contribution in [0.15, 0.2) is 12.7 Å². The van der Waals surface area contributed by atoms with Crippen molar-refractivity contribution in [3.63, 3.8) is 0 Å². The molecule has 0 heterocycles. The molecule has 4 nitrogen and oxygen atoms in total. The number of methoxy groups -OCH3 is 1. The minimum Gasteiger partial charge on any atom is -0.411 e. The molecular formula is C24H52O4Si2. The third-order valence-electron chi connectivity index (χ3n) is 6.41. The van der Waals surface area contributed by atoms with Crippen molar-refractivity contribution in [3.05, 3.63) is 12.7 Å². The van der Waals surface area contributed by atoms with Crippen LogP contribution in [0.4, 0.5) is 0 Å². The van der Waals surface area contributed by atoms with Gasteiger partial charge in [-0.2, -0.15) is 0 Å². The van der Waals surface area contributed by atoms with Gasteiger partial charge in [-0.15, -0.1) is 6.58 Å². The molecule has 0 aliphatic rings. The first-order valence-corrected chi connectivity index (χ1v) is 18.2. The van der Waals surface area contributed by atoms with Gasteiger partial charge in [-0.3, -0.25) is 0 Å². The summed E-state index contributed by atoms with van der Waals surface area (Å²) < 4.78 is 18.5. The quantitative estimate of drug-likeness (QED) is 0.129. The zero-order valence-electron chi connectivity index (χ0n) is 21.4. The van der Waals surface area contributed by atoms with Crippen molar-refractivity contribution in [1.82, 2.24) is 0 Å². The highest BCUT2D eigenvalue weighted by Gasteiger charge is 2.51. The largest absolute Gasteiger partial charge is 0.411 e. The van der Waals surface area contributed by atoms with Crippen LogP contribution in [0.1, 0.15) is 72.6 Å². The summed E-state index contributed by atoms with van der Waals surface area (Å²) in [5.41, 5.74) is 0. The van der Waals surface area contributed by atoms with Crippen molar-refractivity contribution >= 4 is 16.4 Å². The lowest BCUT2D eigenvalue weighted by Gasteiger charge is -2.48. The van der Waals surface area contributed by atoms with Crippen molar-refractivity contribution in [2.45, 2.75) is 128 Å². The Morgan fingerprint density at radius 1 is 0.967 bits per heavy atom. The summed E-state index contributed by atoms with van der Waals surface area (Å²) in [5.74, 6) is 0. The summed E-state index contributed by atoms with van der Waals surface area (Å²) in [4.78, 5) is 0. The number of ether oxygens (including phenoxy) is 2. The van der Waals surface area contributed by atoms with Crippen LogP contribution in [0.5, 0.6) is 0 Å². The molecule has 0 spiro atoms. The van der Waals surface area contributed by atoms with Gasteiger partial charge in [0.2, 0.25) is 0 Å². The second kappa shape index (κ2) is 15.0. The summed E-state index contributed by atoms with van der Waals surface area (Å²) in [6.07, 6.45) is 9.01. The SMILES string of the molecule is C=CC[C@@](O)([C@@H](OCOC)[C@@H](C)O[Si](CCCC)(CCCC)CCCC)[Si](C)(C)C. The van der Waals surface area contributed by atoms with Gasteiger partial charge in [-0.1, -0.05) is 85.0 Å². The normalized spacial score (nSPS) is 16.8. The van der Waals surface area contributed by atoms with Crippen LogP contribution >= 0.6 is 0 Å². The van der Waals surface area contributed by atoms with Crippen LogP contribution in [0.25, 0.3) is 0 Å². The molecule has 0 aliphatic heterocycles. The van der Waals surface area contributed by atoms with Gasteiger partial charge < -0.3 is 19.0 Å². The van der Waals surface area contributed by atoms with E-state index >= 15 is 0 Å². The van der Waals surface area contributed by atoms with E-state index in [0.717, 1.165) is 0 Å². The molecule has 0 fully saturated rings. The van der Waals surface area contributed by atoms with E-state index in [4.69, 9.17) is 13.9 Å². The highest BCUT2D eigenvalue weighted by molar-refractivity contribution is 6.79. The van der Waals surface area contributed by atoms with Gasteiger partial charge in [-0.05, 0) is 31.5 Å². The summed E-state index contributed by atoms with van der Waals surface area (Å²) in [6.45, 7) is 19.6. The third kappa shape index (κ3) is 9.25. The highest BCUT2D eigenvalue weighted by Crippen LogP contribution is 2.37. The standard InChI is InChI=1S/C24H52O4Si2/c1-10-14-18-30(19-15-11-2,20-16-12-3)28-22(5)23(27-21-26-6)24(25,17-13-4)29(7,8)9/h13,22-23,25H,4,10-12,14-21H2,1-3,5-9H3/t22-,23+,24+/m1/s1. The van der Waals surface area contributed by atoms with Crippen LogP contribution in [-0.4, -0.2) is 52.8 Å². The predicted molar refractivity (Wildman–Crippen MR) is 135 cm³/mol. The Morgan fingerprint density at radius 2 is 1.43 bits per heavy atom. The first-order chi connectivity index (χ1) is 14.1. The summed E-state index contributed by atoms with van der Waals surface area (Å²) in [6, 6.07) is 3.62. The lowest BCUT2D eigenvalue weighted by atomic mass is 10.1. The molecule has 0 bridgehead atoms. The Balaban J connectivity index is 5.97. The van der Waals surface area contributed by atoms with E-state index in [1.165, 1.54) is 56.7 Å². The summed E-state index contributed by atoms with van der Waals surface area (Å²) >= 11 is 0. The maximum Gasteiger partial charge on any atom is 0.193 e. The first kappa shape index (κ1) is 30.0. The summed E-state index contributed by atoms with van der Waals surface area (Å²) in [5, 5.41) is 10.9. The molecule has 0 rings (SSSR count). The van der Waals surface area contributed by atoms with Gasteiger partial charge in [-0.25, -0.2) is 0 Å². The fourth-order valence-electron chi connectivity index (χ4n) is 4.38. The van der Waals surface area contributed by atoms with Gasteiger partial charge in [0.15, 0.2) is 8.32 Å². The third-order valence-corrected chi connectivity index (χ3v) is 14.2.